The van der Waals surface area contributed by atoms with Crippen LogP contribution in [0.5, 0.6) is 0 Å². The molecule has 1 fully saturated rings. The molecule has 138 valence electrons. The van der Waals surface area contributed by atoms with E-state index in [1.54, 1.807) is 7.05 Å². The highest BCUT2D eigenvalue weighted by Gasteiger charge is 2.28. The minimum atomic E-state index is -0.501. The SMILES string of the molecule is CCNC(=NCC(C)(C)C(=O)NC)N1CCC(Cc2ccccc2)C1. The molecule has 2 rings (SSSR count). The van der Waals surface area contributed by atoms with Crippen LogP contribution in [0, 0.1) is 11.3 Å². The van der Waals surface area contributed by atoms with Crippen LogP contribution in [0.25, 0.3) is 0 Å². The number of carbonyl (C=O) groups excluding carboxylic acids is 1. The molecule has 5 heteroatoms. The minimum absolute atomic E-state index is 0.0236. The van der Waals surface area contributed by atoms with Gasteiger partial charge in [-0.05, 0) is 45.1 Å². The van der Waals surface area contributed by atoms with E-state index in [-0.39, 0.29) is 5.91 Å². The number of rotatable bonds is 6. The number of nitrogens with one attached hydrogen (secondary N) is 2. The van der Waals surface area contributed by atoms with E-state index in [0.717, 1.165) is 32.0 Å². The number of likely N-dealkylation sites (tertiary alicyclic amines) is 1. The van der Waals surface area contributed by atoms with Crippen LogP contribution in [0.3, 0.4) is 0 Å². The number of guanidine groups is 1. The highest BCUT2D eigenvalue weighted by Crippen LogP contribution is 2.22. The number of hydrogen-bond acceptors (Lipinski definition) is 2. The van der Waals surface area contributed by atoms with Crippen LogP contribution in [0.4, 0.5) is 0 Å². The summed E-state index contributed by atoms with van der Waals surface area (Å²) in [5.41, 5.74) is 0.899. The number of nitrogens with zero attached hydrogens (tertiary/aromatic N) is 2. The second kappa shape index (κ2) is 8.88. The first kappa shape index (κ1) is 19.3. The van der Waals surface area contributed by atoms with Crippen molar-refractivity contribution >= 4 is 11.9 Å². The molecule has 1 aromatic carbocycles. The van der Waals surface area contributed by atoms with E-state index in [4.69, 9.17) is 4.99 Å². The van der Waals surface area contributed by atoms with Gasteiger partial charge < -0.3 is 15.5 Å². The third-order valence-electron chi connectivity index (χ3n) is 4.75. The summed E-state index contributed by atoms with van der Waals surface area (Å²) >= 11 is 0. The third-order valence-corrected chi connectivity index (χ3v) is 4.75. The fraction of sp³-hybridized carbons (Fsp3) is 0.600. The van der Waals surface area contributed by atoms with Crippen LogP contribution in [-0.2, 0) is 11.2 Å². The zero-order valence-electron chi connectivity index (χ0n) is 16.0. The Kier molecular flexibility index (Phi) is 6.85. The first-order chi connectivity index (χ1) is 12.0. The van der Waals surface area contributed by atoms with Crippen LogP contribution < -0.4 is 10.6 Å². The van der Waals surface area contributed by atoms with Gasteiger partial charge in [-0.2, -0.15) is 0 Å². The van der Waals surface area contributed by atoms with Gasteiger partial charge in [0.1, 0.15) is 0 Å². The Bertz CT molecular complexity index is 583. The molecule has 2 N–H and O–H groups in total. The molecule has 1 unspecified atom stereocenters. The van der Waals surface area contributed by atoms with Gasteiger partial charge in [0.2, 0.25) is 5.91 Å². The average molecular weight is 345 g/mol. The number of aliphatic imine (C=N–C) groups is 1. The topological polar surface area (TPSA) is 56.7 Å². The number of hydrogen-bond donors (Lipinski definition) is 2. The van der Waals surface area contributed by atoms with Gasteiger partial charge in [0, 0.05) is 26.7 Å². The van der Waals surface area contributed by atoms with Crippen LogP contribution >= 0.6 is 0 Å². The summed E-state index contributed by atoms with van der Waals surface area (Å²) in [5.74, 6) is 1.60. The maximum absolute atomic E-state index is 12.0. The molecule has 1 amide bonds. The Morgan fingerprint density at radius 2 is 2.04 bits per heavy atom. The molecule has 1 heterocycles. The molecule has 0 aliphatic carbocycles. The van der Waals surface area contributed by atoms with Crippen LogP contribution in [0.2, 0.25) is 0 Å². The summed E-state index contributed by atoms with van der Waals surface area (Å²) in [5, 5.41) is 6.11. The molecule has 1 saturated heterocycles. The molecule has 0 saturated carbocycles. The van der Waals surface area contributed by atoms with Crippen molar-refractivity contribution in [2.45, 2.75) is 33.6 Å². The van der Waals surface area contributed by atoms with E-state index in [0.29, 0.717) is 12.5 Å². The van der Waals surface area contributed by atoms with Crippen molar-refractivity contribution in [3.05, 3.63) is 35.9 Å². The van der Waals surface area contributed by atoms with Crippen molar-refractivity contribution in [1.82, 2.24) is 15.5 Å². The van der Waals surface area contributed by atoms with Gasteiger partial charge in [0.05, 0.1) is 12.0 Å². The molecule has 0 spiro atoms. The average Bonchev–Trinajstić information content (AvgIpc) is 3.07. The van der Waals surface area contributed by atoms with Gasteiger partial charge >= 0.3 is 0 Å². The lowest BCUT2D eigenvalue weighted by Crippen LogP contribution is -2.42. The summed E-state index contributed by atoms with van der Waals surface area (Å²) in [4.78, 5) is 19.0. The Labute approximate surface area is 151 Å². The van der Waals surface area contributed by atoms with Crippen molar-refractivity contribution in [1.29, 1.82) is 0 Å². The molecule has 1 aliphatic rings. The van der Waals surface area contributed by atoms with Crippen molar-refractivity contribution in [2.75, 3.05) is 33.2 Å². The summed E-state index contributed by atoms with van der Waals surface area (Å²) < 4.78 is 0. The first-order valence-electron chi connectivity index (χ1n) is 9.25. The fourth-order valence-corrected chi connectivity index (χ4v) is 3.25. The quantitative estimate of drug-likeness (QED) is 0.615. The molecule has 0 aromatic heterocycles. The largest absolute Gasteiger partial charge is 0.359 e. The maximum atomic E-state index is 12.0. The van der Waals surface area contributed by atoms with Gasteiger partial charge in [-0.15, -0.1) is 0 Å². The zero-order valence-corrected chi connectivity index (χ0v) is 16.0. The third kappa shape index (κ3) is 5.48. The van der Waals surface area contributed by atoms with Crippen molar-refractivity contribution in [3.63, 3.8) is 0 Å². The minimum Gasteiger partial charge on any atom is -0.359 e. The van der Waals surface area contributed by atoms with Crippen molar-refractivity contribution < 1.29 is 4.79 Å². The predicted molar refractivity (Wildman–Crippen MR) is 104 cm³/mol. The second-order valence-corrected chi connectivity index (χ2v) is 7.42. The number of benzene rings is 1. The normalized spacial score (nSPS) is 18.3. The van der Waals surface area contributed by atoms with Gasteiger partial charge in [0.25, 0.3) is 0 Å². The van der Waals surface area contributed by atoms with Crippen LogP contribution in [0.1, 0.15) is 32.8 Å². The second-order valence-electron chi connectivity index (χ2n) is 7.42. The van der Waals surface area contributed by atoms with Crippen LogP contribution in [-0.4, -0.2) is 50.0 Å². The smallest absolute Gasteiger partial charge is 0.227 e. The molecule has 25 heavy (non-hydrogen) atoms. The highest BCUT2D eigenvalue weighted by atomic mass is 16.2. The van der Waals surface area contributed by atoms with E-state index in [1.807, 2.05) is 13.8 Å². The lowest BCUT2D eigenvalue weighted by molar-refractivity contribution is -0.128. The Morgan fingerprint density at radius 3 is 2.68 bits per heavy atom. The molecule has 5 nitrogen and oxygen atoms in total. The van der Waals surface area contributed by atoms with E-state index >= 15 is 0 Å². The monoisotopic (exact) mass is 344 g/mol. The Morgan fingerprint density at radius 1 is 1.32 bits per heavy atom. The Balaban J connectivity index is 1.98. The lowest BCUT2D eigenvalue weighted by Gasteiger charge is -2.25. The van der Waals surface area contributed by atoms with Crippen molar-refractivity contribution in [3.8, 4) is 0 Å². The van der Waals surface area contributed by atoms with E-state index < -0.39 is 5.41 Å². The zero-order chi connectivity index (χ0) is 18.3. The predicted octanol–water partition coefficient (Wildman–Crippen LogP) is 2.29. The summed E-state index contributed by atoms with van der Waals surface area (Å²) in [7, 11) is 1.67. The van der Waals surface area contributed by atoms with Gasteiger partial charge in [0.15, 0.2) is 5.96 Å². The fourth-order valence-electron chi connectivity index (χ4n) is 3.25. The maximum Gasteiger partial charge on any atom is 0.227 e. The molecule has 0 bridgehead atoms. The highest BCUT2D eigenvalue weighted by molar-refractivity contribution is 5.83. The van der Waals surface area contributed by atoms with Gasteiger partial charge in [-0.1, -0.05) is 30.3 Å². The Hall–Kier alpha value is -2.04. The summed E-state index contributed by atoms with van der Waals surface area (Å²) in [6.07, 6.45) is 2.29. The van der Waals surface area contributed by atoms with E-state index in [2.05, 4.69) is 52.8 Å². The molecular formula is C20H32N4O. The van der Waals surface area contributed by atoms with Crippen LogP contribution in [0.15, 0.2) is 35.3 Å². The lowest BCUT2D eigenvalue weighted by atomic mass is 9.93. The van der Waals surface area contributed by atoms with E-state index in [1.165, 1.54) is 12.0 Å². The van der Waals surface area contributed by atoms with Crippen molar-refractivity contribution in [2.24, 2.45) is 16.3 Å². The van der Waals surface area contributed by atoms with Gasteiger partial charge in [-0.25, -0.2) is 0 Å². The molecule has 1 aromatic rings. The number of amides is 1. The molecular weight excluding hydrogens is 312 g/mol. The molecule has 1 aliphatic heterocycles. The number of carbonyl (C=O) groups is 1. The molecule has 1 atom stereocenters. The first-order valence-corrected chi connectivity index (χ1v) is 9.25. The molecule has 0 radical (unpaired) electrons. The van der Waals surface area contributed by atoms with Gasteiger partial charge in [-0.3, -0.25) is 9.79 Å². The van der Waals surface area contributed by atoms with E-state index in [9.17, 15) is 4.79 Å². The standard InChI is InChI=1S/C20H32N4O/c1-5-22-19(23-15-20(2,3)18(25)21-4)24-12-11-17(14-24)13-16-9-7-6-8-10-16/h6-10,17H,5,11-15H2,1-4H3,(H,21,25)(H,22,23). The summed E-state index contributed by atoms with van der Waals surface area (Å²) in [6, 6.07) is 10.7. The summed E-state index contributed by atoms with van der Waals surface area (Å²) in [6.45, 7) is 9.29.